The van der Waals surface area contributed by atoms with Crippen molar-refractivity contribution < 1.29 is 26.9 Å². The van der Waals surface area contributed by atoms with Crippen molar-refractivity contribution in [3.63, 3.8) is 0 Å². The third kappa shape index (κ3) is 14.1. The molecule has 0 radical (unpaired) electrons. The lowest BCUT2D eigenvalue weighted by Gasteiger charge is -2.30. The van der Waals surface area contributed by atoms with Crippen LogP contribution in [-0.2, 0) is 16.2 Å². The highest BCUT2D eigenvalue weighted by molar-refractivity contribution is 5.13. The molecule has 4 heteroatoms. The molecule has 0 aliphatic heterocycles. The molecular formula is C25H46ClNO2. The molecule has 0 bridgehead atoms. The first-order valence-electron chi connectivity index (χ1n) is 11.8. The van der Waals surface area contributed by atoms with Gasteiger partial charge in [-0.1, -0.05) is 114 Å². The predicted octanol–water partition coefficient (Wildman–Crippen LogP) is 4.61. The second-order valence-electron chi connectivity index (χ2n) is 8.14. The number of benzene rings is 1. The Morgan fingerprint density at radius 3 is 1.45 bits per heavy atom. The zero-order chi connectivity index (χ0) is 20.3. The average Bonchev–Trinajstić information content (AvgIpc) is 2.74. The Bertz CT molecular complexity index is 451. The normalized spacial score (nSPS) is 11.4. The number of hydroxylamine groups is 4. The molecule has 0 aliphatic rings. The minimum absolute atomic E-state index is 0. The maximum Gasteiger partial charge on any atom is 0.168 e. The molecule has 0 atom stereocenters. The first kappa shape index (κ1) is 28.4. The molecule has 0 saturated heterocycles. The topological polar surface area (TPSA) is 18.5 Å². The van der Waals surface area contributed by atoms with E-state index in [1.54, 1.807) is 14.2 Å². The van der Waals surface area contributed by atoms with Gasteiger partial charge in [0.2, 0.25) is 0 Å². The van der Waals surface area contributed by atoms with Gasteiger partial charge < -0.3 is 12.4 Å². The summed E-state index contributed by atoms with van der Waals surface area (Å²) in [5.74, 6) is 0. The van der Waals surface area contributed by atoms with Crippen LogP contribution in [0.2, 0.25) is 0 Å². The number of hydrogen-bond acceptors (Lipinski definition) is 2. The van der Waals surface area contributed by atoms with Gasteiger partial charge in [-0.05, 0) is 11.2 Å². The van der Waals surface area contributed by atoms with Crippen LogP contribution in [0, 0.1) is 0 Å². The molecule has 0 amide bonds. The molecule has 0 saturated carbocycles. The van der Waals surface area contributed by atoms with Gasteiger partial charge in [-0.2, -0.15) is 9.68 Å². The standard InChI is InChI=1S/C25H46NO2.ClH/c1-4-5-6-7-8-9-10-11-12-13-14-15-16-20-23-26(27-2,28-3)24-25-21-18-17-19-22-25;/h17-19,21-22H,4-16,20,23-24H2,1-3H3;1H/q+1;/p-1. The highest BCUT2D eigenvalue weighted by atomic mass is 35.5. The van der Waals surface area contributed by atoms with Crippen LogP contribution >= 0.6 is 0 Å². The Balaban J connectivity index is 0.00000784. The van der Waals surface area contributed by atoms with Crippen molar-refractivity contribution in [3.05, 3.63) is 35.9 Å². The van der Waals surface area contributed by atoms with Crippen molar-refractivity contribution in [2.75, 3.05) is 20.8 Å². The van der Waals surface area contributed by atoms with E-state index in [1.807, 2.05) is 6.07 Å². The summed E-state index contributed by atoms with van der Waals surface area (Å²) in [6.07, 6.45) is 19.3. The molecule has 1 aromatic rings. The summed E-state index contributed by atoms with van der Waals surface area (Å²) < 4.78 is 0. The molecule has 1 aromatic carbocycles. The maximum atomic E-state index is 5.72. The molecule has 0 spiro atoms. The Labute approximate surface area is 187 Å². The fourth-order valence-electron chi connectivity index (χ4n) is 3.87. The number of hydrogen-bond donors (Lipinski definition) is 0. The zero-order valence-corrected chi connectivity index (χ0v) is 20.1. The smallest absolute Gasteiger partial charge is 0.168 e. The molecule has 170 valence electrons. The maximum absolute atomic E-state index is 5.72. The third-order valence-corrected chi connectivity index (χ3v) is 5.78. The van der Waals surface area contributed by atoms with Crippen LogP contribution in [0.15, 0.2) is 30.3 Å². The van der Waals surface area contributed by atoms with Crippen LogP contribution < -0.4 is 12.4 Å². The first-order chi connectivity index (χ1) is 13.8. The zero-order valence-electron chi connectivity index (χ0n) is 19.3. The predicted molar refractivity (Wildman–Crippen MR) is 120 cm³/mol. The van der Waals surface area contributed by atoms with Crippen molar-refractivity contribution in [1.29, 1.82) is 0 Å². The lowest BCUT2D eigenvalue weighted by molar-refractivity contribution is -1.25. The second-order valence-corrected chi connectivity index (χ2v) is 8.14. The number of halogens is 1. The van der Waals surface area contributed by atoms with Gasteiger partial charge in [0.15, 0.2) is 6.54 Å². The molecule has 0 fully saturated rings. The number of quaternary nitrogens is 1. The third-order valence-electron chi connectivity index (χ3n) is 5.78. The van der Waals surface area contributed by atoms with Gasteiger partial charge in [0.05, 0.1) is 14.2 Å². The molecular weight excluding hydrogens is 382 g/mol. The molecule has 0 heterocycles. The van der Waals surface area contributed by atoms with E-state index in [9.17, 15) is 0 Å². The number of nitrogens with zero attached hydrogens (tertiary/aromatic N) is 1. The molecule has 29 heavy (non-hydrogen) atoms. The lowest BCUT2D eigenvalue weighted by atomic mass is 10.0. The van der Waals surface area contributed by atoms with E-state index >= 15 is 0 Å². The number of unbranched alkanes of at least 4 members (excludes halogenated alkanes) is 13. The van der Waals surface area contributed by atoms with Crippen molar-refractivity contribution in [2.24, 2.45) is 0 Å². The SMILES string of the molecule is CCCCCCCCCCCCCCCC[N+](Cc1ccccc1)(OC)OC.[Cl-]. The lowest BCUT2D eigenvalue weighted by Crippen LogP contribution is -3.00. The van der Waals surface area contributed by atoms with E-state index in [0.717, 1.165) is 19.5 Å². The van der Waals surface area contributed by atoms with Crippen LogP contribution in [0.5, 0.6) is 0 Å². The Hall–Kier alpha value is -0.610. The van der Waals surface area contributed by atoms with Gasteiger partial charge in [0, 0.05) is 12.0 Å². The van der Waals surface area contributed by atoms with Gasteiger partial charge in [0.25, 0.3) is 0 Å². The second kappa shape index (κ2) is 19.4. The van der Waals surface area contributed by atoms with Crippen LogP contribution in [0.4, 0.5) is 0 Å². The highest BCUT2D eigenvalue weighted by Crippen LogP contribution is 2.18. The van der Waals surface area contributed by atoms with E-state index in [4.69, 9.17) is 9.68 Å². The summed E-state index contributed by atoms with van der Waals surface area (Å²) in [5.41, 5.74) is 1.25. The summed E-state index contributed by atoms with van der Waals surface area (Å²) in [6.45, 7) is 3.95. The van der Waals surface area contributed by atoms with Crippen molar-refractivity contribution in [2.45, 2.75) is 103 Å². The first-order valence-corrected chi connectivity index (χ1v) is 11.8. The van der Waals surface area contributed by atoms with Crippen molar-refractivity contribution in [1.82, 2.24) is 0 Å². The molecule has 1 rings (SSSR count). The Morgan fingerprint density at radius 1 is 0.621 bits per heavy atom. The fraction of sp³-hybridized carbons (Fsp3) is 0.760. The molecule has 3 nitrogen and oxygen atoms in total. The van der Waals surface area contributed by atoms with E-state index < -0.39 is 0 Å². The van der Waals surface area contributed by atoms with E-state index in [0.29, 0.717) is 0 Å². The van der Waals surface area contributed by atoms with Gasteiger partial charge in [0.1, 0.15) is 6.54 Å². The van der Waals surface area contributed by atoms with E-state index in [1.165, 1.54) is 89.0 Å². The average molecular weight is 428 g/mol. The van der Waals surface area contributed by atoms with Crippen LogP contribution in [-0.4, -0.2) is 25.6 Å². The summed E-state index contributed by atoms with van der Waals surface area (Å²) >= 11 is 0. The monoisotopic (exact) mass is 427 g/mol. The Morgan fingerprint density at radius 2 is 1.03 bits per heavy atom. The van der Waals surface area contributed by atoms with Crippen molar-refractivity contribution in [3.8, 4) is 0 Å². The minimum atomic E-state index is 0. The highest BCUT2D eigenvalue weighted by Gasteiger charge is 2.29. The quantitative estimate of drug-likeness (QED) is 0.182. The molecule has 0 N–H and O–H groups in total. The molecule has 0 aliphatic carbocycles. The van der Waals surface area contributed by atoms with Crippen LogP contribution in [0.25, 0.3) is 0 Å². The van der Waals surface area contributed by atoms with Gasteiger partial charge in [-0.15, -0.1) is 0 Å². The summed E-state index contributed by atoms with van der Waals surface area (Å²) in [5, 5.41) is 0. The molecule has 0 aromatic heterocycles. The largest absolute Gasteiger partial charge is 1.00 e. The summed E-state index contributed by atoms with van der Waals surface area (Å²) in [4.78, 5) is 11.7. The van der Waals surface area contributed by atoms with Crippen LogP contribution in [0.1, 0.15) is 102 Å². The minimum Gasteiger partial charge on any atom is -1.00 e. The fourth-order valence-corrected chi connectivity index (χ4v) is 3.87. The van der Waals surface area contributed by atoms with Gasteiger partial charge >= 0.3 is 0 Å². The van der Waals surface area contributed by atoms with Crippen LogP contribution in [0.3, 0.4) is 0 Å². The van der Waals surface area contributed by atoms with E-state index in [2.05, 4.69) is 31.2 Å². The van der Waals surface area contributed by atoms with Gasteiger partial charge in [-0.3, -0.25) is 0 Å². The Kier molecular flexibility index (Phi) is 19.0. The van der Waals surface area contributed by atoms with Gasteiger partial charge in [-0.25, -0.2) is 0 Å². The van der Waals surface area contributed by atoms with E-state index in [-0.39, 0.29) is 17.2 Å². The number of rotatable bonds is 19. The van der Waals surface area contributed by atoms with Crippen molar-refractivity contribution >= 4 is 0 Å². The summed E-state index contributed by atoms with van der Waals surface area (Å²) in [6, 6.07) is 10.5. The molecule has 0 unspecified atom stereocenters. The summed E-state index contributed by atoms with van der Waals surface area (Å²) in [7, 11) is 3.49.